The molecular weight excluding hydrogens is 599 g/mol. The summed E-state index contributed by atoms with van der Waals surface area (Å²) in [5.74, 6) is -0.0193. The predicted molar refractivity (Wildman–Crippen MR) is 169 cm³/mol. The lowest BCUT2D eigenvalue weighted by atomic mass is 9.99. The van der Waals surface area contributed by atoms with E-state index in [2.05, 4.69) is 39.5 Å². The number of aliphatic imine (C=N–C) groups is 1. The molecule has 3 amide bonds. The van der Waals surface area contributed by atoms with Gasteiger partial charge in [0.1, 0.15) is 5.75 Å². The first-order valence-corrected chi connectivity index (χ1v) is 14.7. The number of anilines is 3. The molecule has 0 aromatic heterocycles. The summed E-state index contributed by atoms with van der Waals surface area (Å²) in [4.78, 5) is 31.1. The number of thioether (sulfide) groups is 1. The van der Waals surface area contributed by atoms with E-state index in [1.165, 1.54) is 40.9 Å². The number of thiocarbonyl (C=S) groups is 1. The number of nitrogens with one attached hydrogen (secondary N) is 3. The van der Waals surface area contributed by atoms with Gasteiger partial charge in [0.15, 0.2) is 10.3 Å². The maximum atomic E-state index is 12.7. The molecule has 0 radical (unpaired) electrons. The van der Waals surface area contributed by atoms with Gasteiger partial charge in [0.2, 0.25) is 5.91 Å². The van der Waals surface area contributed by atoms with Crippen molar-refractivity contribution < 1.29 is 27.5 Å². The van der Waals surface area contributed by atoms with Gasteiger partial charge in [-0.05, 0) is 90.6 Å². The first-order valence-electron chi connectivity index (χ1n) is 13.3. The SMILES string of the molecule is Cc1ccc(C(C)C)c(N2C(=O)CSC2=NC(=O)NCCc2ccc(NC(=S)Nc3ccc(OC(F)(F)F)cc3)cc2)c1. The average Bonchev–Trinajstić information content (AvgIpc) is 3.29. The van der Waals surface area contributed by atoms with Crippen LogP contribution in [0.1, 0.15) is 36.5 Å². The molecule has 43 heavy (non-hydrogen) atoms. The van der Waals surface area contributed by atoms with Crippen molar-refractivity contribution in [2.75, 3.05) is 27.8 Å². The van der Waals surface area contributed by atoms with Crippen LogP contribution in [0.15, 0.2) is 71.7 Å². The Balaban J connectivity index is 1.27. The lowest BCUT2D eigenvalue weighted by Gasteiger charge is -2.22. The Morgan fingerprint density at radius 3 is 2.28 bits per heavy atom. The normalized spacial score (nSPS) is 14.3. The average molecular weight is 630 g/mol. The highest BCUT2D eigenvalue weighted by atomic mass is 32.2. The van der Waals surface area contributed by atoms with Gasteiger partial charge < -0.3 is 20.7 Å². The number of hydrogen-bond donors (Lipinski definition) is 3. The Morgan fingerprint density at radius 1 is 1.05 bits per heavy atom. The lowest BCUT2D eigenvalue weighted by Crippen LogP contribution is -2.32. The number of benzene rings is 3. The standard InChI is InChI=1S/C30H30F3N5O3S2/c1-18(2)24-13-4-19(3)16-25(24)38-26(39)17-43-29(38)37-27(40)34-15-14-20-5-7-21(8-6-20)35-28(42)36-22-9-11-23(12-10-22)41-30(31,32)33/h4-13,16,18H,14-15,17H2,1-3H3,(H,34,40)(H2,35,36,42). The molecule has 0 bridgehead atoms. The van der Waals surface area contributed by atoms with Crippen LogP contribution in [-0.2, 0) is 11.2 Å². The van der Waals surface area contributed by atoms with Gasteiger partial charge >= 0.3 is 12.4 Å². The number of rotatable bonds is 8. The molecule has 1 fully saturated rings. The van der Waals surface area contributed by atoms with E-state index in [0.29, 0.717) is 29.5 Å². The highest BCUT2D eigenvalue weighted by Gasteiger charge is 2.32. The van der Waals surface area contributed by atoms with Gasteiger partial charge in [-0.3, -0.25) is 9.69 Å². The van der Waals surface area contributed by atoms with Crippen molar-refractivity contribution in [3.05, 3.63) is 83.4 Å². The summed E-state index contributed by atoms with van der Waals surface area (Å²) in [6, 6.07) is 18.1. The van der Waals surface area contributed by atoms with Crippen LogP contribution in [0.4, 0.5) is 35.0 Å². The van der Waals surface area contributed by atoms with Crippen molar-refractivity contribution in [1.82, 2.24) is 5.32 Å². The summed E-state index contributed by atoms with van der Waals surface area (Å²) in [5.41, 5.74) is 4.94. The number of halogens is 3. The predicted octanol–water partition coefficient (Wildman–Crippen LogP) is 7.21. The molecule has 1 saturated heterocycles. The molecule has 0 spiro atoms. The van der Waals surface area contributed by atoms with Crippen molar-refractivity contribution in [2.24, 2.45) is 4.99 Å². The molecule has 226 valence electrons. The number of nitrogens with zero attached hydrogens (tertiary/aromatic N) is 2. The van der Waals surface area contributed by atoms with E-state index in [1.807, 2.05) is 49.4 Å². The van der Waals surface area contributed by atoms with Gasteiger partial charge in [-0.2, -0.15) is 4.99 Å². The Hall–Kier alpha value is -4.10. The van der Waals surface area contributed by atoms with Crippen molar-refractivity contribution in [3.63, 3.8) is 0 Å². The maximum absolute atomic E-state index is 12.7. The maximum Gasteiger partial charge on any atom is 0.573 e. The topological polar surface area (TPSA) is 95.1 Å². The van der Waals surface area contributed by atoms with Crippen LogP contribution in [-0.4, -0.2) is 40.9 Å². The van der Waals surface area contributed by atoms with Gasteiger partial charge in [-0.15, -0.1) is 13.2 Å². The van der Waals surface area contributed by atoms with Crippen molar-refractivity contribution in [3.8, 4) is 5.75 Å². The minimum absolute atomic E-state index is 0.110. The zero-order valence-electron chi connectivity index (χ0n) is 23.6. The zero-order valence-corrected chi connectivity index (χ0v) is 25.3. The van der Waals surface area contributed by atoms with Crippen molar-refractivity contribution in [1.29, 1.82) is 0 Å². The third kappa shape index (κ3) is 9.19. The van der Waals surface area contributed by atoms with E-state index in [9.17, 15) is 22.8 Å². The monoisotopic (exact) mass is 629 g/mol. The summed E-state index contributed by atoms with van der Waals surface area (Å²) in [6.07, 6.45) is -4.20. The fraction of sp³-hybridized carbons (Fsp3) is 0.267. The number of urea groups is 1. The highest BCUT2D eigenvalue weighted by Crippen LogP contribution is 2.34. The number of alkyl halides is 3. The van der Waals surface area contributed by atoms with Gasteiger partial charge in [0.25, 0.3) is 0 Å². The largest absolute Gasteiger partial charge is 0.573 e. The van der Waals surface area contributed by atoms with Crippen LogP contribution in [0.25, 0.3) is 0 Å². The summed E-state index contributed by atoms with van der Waals surface area (Å²) in [6.45, 7) is 6.42. The number of carbonyl (C=O) groups excluding carboxylic acids is 2. The van der Waals surface area contributed by atoms with E-state index >= 15 is 0 Å². The second kappa shape index (κ2) is 13.9. The van der Waals surface area contributed by atoms with Crippen LogP contribution >= 0.6 is 24.0 Å². The molecule has 4 rings (SSSR count). The van der Waals surface area contributed by atoms with Crippen LogP contribution < -0.4 is 25.6 Å². The molecule has 0 unspecified atom stereocenters. The number of aryl methyl sites for hydroxylation is 1. The summed E-state index contributed by atoms with van der Waals surface area (Å²) in [7, 11) is 0. The molecule has 0 saturated carbocycles. The molecule has 0 atom stereocenters. The van der Waals surface area contributed by atoms with Gasteiger partial charge in [0, 0.05) is 17.9 Å². The number of ether oxygens (including phenoxy) is 1. The molecule has 1 aliphatic heterocycles. The zero-order chi connectivity index (χ0) is 31.1. The number of amides is 3. The van der Waals surface area contributed by atoms with E-state index < -0.39 is 12.4 Å². The summed E-state index contributed by atoms with van der Waals surface area (Å²) < 4.78 is 40.8. The minimum Gasteiger partial charge on any atom is -0.406 e. The Labute approximate surface area is 257 Å². The number of amidine groups is 1. The fourth-order valence-electron chi connectivity index (χ4n) is 4.25. The van der Waals surface area contributed by atoms with Crippen LogP contribution in [0.2, 0.25) is 0 Å². The van der Waals surface area contributed by atoms with E-state index in [-0.39, 0.29) is 28.4 Å². The van der Waals surface area contributed by atoms with Gasteiger partial charge in [-0.25, -0.2) is 4.79 Å². The molecule has 1 heterocycles. The number of hydrogen-bond acceptors (Lipinski definition) is 5. The van der Waals surface area contributed by atoms with E-state index in [4.69, 9.17) is 12.2 Å². The van der Waals surface area contributed by atoms with Crippen molar-refractivity contribution >= 4 is 63.3 Å². The molecule has 3 aromatic rings. The molecule has 8 nitrogen and oxygen atoms in total. The van der Waals surface area contributed by atoms with E-state index in [1.54, 1.807) is 0 Å². The highest BCUT2D eigenvalue weighted by molar-refractivity contribution is 8.15. The van der Waals surface area contributed by atoms with Crippen LogP contribution in [0.5, 0.6) is 5.75 Å². The van der Waals surface area contributed by atoms with Crippen LogP contribution in [0.3, 0.4) is 0 Å². The molecule has 0 aliphatic carbocycles. The molecule has 1 aliphatic rings. The Kier molecular flexibility index (Phi) is 10.3. The molecular formula is C30H30F3N5O3S2. The number of carbonyl (C=O) groups is 2. The fourth-order valence-corrected chi connectivity index (χ4v) is 5.34. The quantitative estimate of drug-likeness (QED) is 0.227. The van der Waals surface area contributed by atoms with Gasteiger partial charge in [-0.1, -0.05) is 49.9 Å². The molecule has 13 heteroatoms. The van der Waals surface area contributed by atoms with Crippen molar-refractivity contribution in [2.45, 2.75) is 39.5 Å². The minimum atomic E-state index is -4.75. The first-order chi connectivity index (χ1) is 20.4. The third-order valence-corrected chi connectivity index (χ3v) is 7.39. The lowest BCUT2D eigenvalue weighted by molar-refractivity contribution is -0.274. The molecule has 3 N–H and O–H groups in total. The Bertz CT molecular complexity index is 1510. The van der Waals surface area contributed by atoms with Gasteiger partial charge in [0.05, 0.1) is 11.4 Å². The second-order valence-corrected chi connectivity index (χ2v) is 11.3. The van der Waals surface area contributed by atoms with E-state index in [0.717, 1.165) is 22.4 Å². The molecule has 3 aromatic carbocycles. The second-order valence-electron chi connectivity index (χ2n) is 9.96. The summed E-state index contributed by atoms with van der Waals surface area (Å²) in [5, 5.41) is 9.31. The Morgan fingerprint density at radius 2 is 1.67 bits per heavy atom. The smallest absolute Gasteiger partial charge is 0.406 e. The third-order valence-electron chi connectivity index (χ3n) is 6.26. The first kappa shape index (κ1) is 31.8. The summed E-state index contributed by atoms with van der Waals surface area (Å²) >= 11 is 6.53. The van der Waals surface area contributed by atoms with Crippen LogP contribution in [0, 0.1) is 6.92 Å².